The van der Waals surface area contributed by atoms with Gasteiger partial charge in [0.05, 0.1) is 5.58 Å². The summed E-state index contributed by atoms with van der Waals surface area (Å²) in [5.74, 6) is -1.06. The van der Waals surface area contributed by atoms with Gasteiger partial charge in [-0.15, -0.1) is 53.6 Å². The molecule has 3 aromatic heterocycles. The largest absolute Gasteiger partial charge is 0.501 e. The minimum Gasteiger partial charge on any atom is -0.501 e. The number of hydrogen-bond donors (Lipinski definition) is 0. The van der Waals surface area contributed by atoms with E-state index in [0.717, 1.165) is 44.8 Å². The van der Waals surface area contributed by atoms with Gasteiger partial charge in [0.2, 0.25) is 0 Å². The van der Waals surface area contributed by atoms with Crippen molar-refractivity contribution in [3.63, 3.8) is 0 Å². The van der Waals surface area contributed by atoms with Crippen molar-refractivity contribution >= 4 is 43.5 Å². The summed E-state index contributed by atoms with van der Waals surface area (Å²) in [7, 11) is 0. The van der Waals surface area contributed by atoms with E-state index in [2.05, 4.69) is 92.3 Å². The van der Waals surface area contributed by atoms with Crippen molar-refractivity contribution in [3.05, 3.63) is 144 Å². The summed E-state index contributed by atoms with van der Waals surface area (Å²) in [5.41, 5.74) is 5.07. The van der Waals surface area contributed by atoms with Crippen LogP contribution in [0.4, 0.5) is 0 Å². The Labute approximate surface area is 330 Å². The van der Waals surface area contributed by atoms with Crippen LogP contribution in [0.2, 0.25) is 0 Å². The van der Waals surface area contributed by atoms with E-state index in [4.69, 9.17) is 12.6 Å². The summed E-state index contributed by atoms with van der Waals surface area (Å²) in [6.45, 7) is 4.29. The van der Waals surface area contributed by atoms with Crippen LogP contribution in [-0.2, 0) is 20.1 Å². The molecule has 0 saturated heterocycles. The Morgan fingerprint density at radius 2 is 1.56 bits per heavy atom. The molecule has 0 atom stereocenters. The summed E-state index contributed by atoms with van der Waals surface area (Å²) < 4.78 is 62.9. The van der Waals surface area contributed by atoms with Gasteiger partial charge in [0.15, 0.2) is 0 Å². The Kier molecular flexibility index (Phi) is 7.56. The summed E-state index contributed by atoms with van der Waals surface area (Å²) in [6, 6.07) is 39.3. The van der Waals surface area contributed by atoms with E-state index < -0.39 is 19.6 Å². The molecule has 1 fully saturated rings. The molecule has 9 rings (SSSR count). The van der Waals surface area contributed by atoms with Crippen molar-refractivity contribution in [1.29, 1.82) is 0 Å². The maximum atomic E-state index is 9.74. The van der Waals surface area contributed by atoms with Gasteiger partial charge in [0, 0.05) is 47.5 Å². The average molecular weight is 864 g/mol. The summed E-state index contributed by atoms with van der Waals surface area (Å²) in [4.78, 5) is 8.83. The Balaban J connectivity index is 0.000000262. The molecule has 0 bridgehead atoms. The van der Waals surface area contributed by atoms with E-state index in [1.807, 2.05) is 42.5 Å². The van der Waals surface area contributed by atoms with Gasteiger partial charge in [-0.05, 0) is 105 Å². The quantitative estimate of drug-likeness (QED) is 0.131. The number of aromatic nitrogens is 2. The first kappa shape index (κ1) is 27.9. The minimum atomic E-state index is -2.38. The van der Waals surface area contributed by atoms with Crippen LogP contribution in [0.1, 0.15) is 79.1 Å². The number of fused-ring (bicyclic) bond motifs is 6. The summed E-state index contributed by atoms with van der Waals surface area (Å²) >= 11 is 0. The molecule has 1 aliphatic rings. The van der Waals surface area contributed by atoms with Crippen LogP contribution >= 0.6 is 0 Å². The Bertz CT molecular complexity index is 2790. The zero-order valence-electron chi connectivity index (χ0n) is 36.7. The van der Waals surface area contributed by atoms with Crippen LogP contribution < -0.4 is 0 Å². The third-order valence-electron chi connectivity index (χ3n) is 9.93. The van der Waals surface area contributed by atoms with Crippen LogP contribution in [0.15, 0.2) is 120 Å². The van der Waals surface area contributed by atoms with E-state index in [-0.39, 0.29) is 36.5 Å². The SMILES string of the molecule is [2H]C([2H])([2H])c1c[c-]c(-c2ccccn2)cc1.[2H]C([2H])([2H])c1cnc(-c2[c-]ccc3c2oc2cc4c(ccc5ccccc54)cc23)cc1C1([2H])CC(C)(C)CC(C)(C)C1.[Ir]. The standard InChI is InChI=1S/C36H34NO.C12H10N.Ir/c1-22-20-37-32(16-29(22)25-18-35(2,3)21-36(4,5)19-25)28-12-8-11-27-31-15-24-14-13-23-9-6-7-10-26(23)30(24)17-33(31)38-34(27)28;1-10-5-7-11(8-6-10)12-4-2-3-9-13-12;/h6-11,13-17,20,25H,18-19,21H2,1-5H3;2-7,9H,1H3;/q2*-1;/i1D3,25D;1D3;. The molecule has 0 spiro atoms. The number of hydrogen-bond acceptors (Lipinski definition) is 3. The molecule has 3 heterocycles. The van der Waals surface area contributed by atoms with Gasteiger partial charge in [-0.25, -0.2) is 0 Å². The fourth-order valence-corrected chi connectivity index (χ4v) is 8.25. The molecule has 1 saturated carbocycles. The molecule has 0 unspecified atom stereocenters. The van der Waals surface area contributed by atoms with Gasteiger partial charge in [-0.1, -0.05) is 100 Å². The maximum absolute atomic E-state index is 9.74. The van der Waals surface area contributed by atoms with Crippen molar-refractivity contribution in [2.24, 2.45) is 10.8 Å². The first-order valence-electron chi connectivity index (χ1n) is 20.9. The second-order valence-corrected chi connectivity index (χ2v) is 15.3. The first-order valence-corrected chi connectivity index (χ1v) is 17.4. The van der Waals surface area contributed by atoms with Crippen molar-refractivity contribution in [2.75, 3.05) is 0 Å². The smallest absolute Gasteiger partial charge is 0.121 e. The Hall–Kier alpha value is -4.63. The van der Waals surface area contributed by atoms with E-state index in [1.54, 1.807) is 18.3 Å². The average Bonchev–Trinajstić information content (AvgIpc) is 3.53. The number of aryl methyl sites for hydroxylation is 2. The molecule has 52 heavy (non-hydrogen) atoms. The van der Waals surface area contributed by atoms with Gasteiger partial charge >= 0.3 is 0 Å². The second-order valence-electron chi connectivity index (χ2n) is 15.3. The third-order valence-corrected chi connectivity index (χ3v) is 9.93. The zero-order valence-corrected chi connectivity index (χ0v) is 32.1. The molecular formula is C48H44IrN2O-2. The van der Waals surface area contributed by atoms with Gasteiger partial charge in [0.25, 0.3) is 0 Å². The molecule has 3 nitrogen and oxygen atoms in total. The number of furan rings is 1. The molecule has 0 N–H and O–H groups in total. The van der Waals surface area contributed by atoms with Crippen molar-refractivity contribution in [3.8, 4) is 22.5 Å². The minimum absolute atomic E-state index is 0. The normalized spacial score (nSPS) is 18.4. The van der Waals surface area contributed by atoms with Gasteiger partial charge in [0.1, 0.15) is 5.58 Å². The van der Waals surface area contributed by atoms with Gasteiger partial charge < -0.3 is 14.4 Å². The molecule has 1 aliphatic carbocycles. The molecular weight excluding hydrogens is 813 g/mol. The van der Waals surface area contributed by atoms with Crippen LogP contribution in [0.3, 0.4) is 0 Å². The van der Waals surface area contributed by atoms with Crippen molar-refractivity contribution in [2.45, 2.75) is 66.6 Å². The predicted molar refractivity (Wildman–Crippen MR) is 213 cm³/mol. The van der Waals surface area contributed by atoms with Crippen LogP contribution in [0, 0.1) is 36.7 Å². The van der Waals surface area contributed by atoms with Gasteiger partial charge in [-0.2, -0.15) is 0 Å². The van der Waals surface area contributed by atoms with Gasteiger partial charge in [-0.3, -0.25) is 0 Å². The number of nitrogens with zero attached hydrogens (tertiary/aromatic N) is 2. The topological polar surface area (TPSA) is 38.9 Å². The van der Waals surface area contributed by atoms with E-state index in [0.29, 0.717) is 40.8 Å². The molecule has 5 aromatic carbocycles. The number of benzene rings is 5. The third kappa shape index (κ3) is 7.07. The second kappa shape index (κ2) is 14.1. The Morgan fingerprint density at radius 3 is 2.31 bits per heavy atom. The monoisotopic (exact) mass is 864 g/mol. The van der Waals surface area contributed by atoms with Crippen LogP contribution in [0.25, 0.3) is 66.0 Å². The van der Waals surface area contributed by atoms with E-state index in [9.17, 15) is 1.37 Å². The molecule has 4 heteroatoms. The first-order chi connectivity index (χ1) is 27.3. The molecule has 0 amide bonds. The fourth-order valence-electron chi connectivity index (χ4n) is 8.25. The molecule has 1 radical (unpaired) electrons. The summed E-state index contributed by atoms with van der Waals surface area (Å²) in [6.07, 6.45) is 5.29. The summed E-state index contributed by atoms with van der Waals surface area (Å²) in [5, 5.41) is 6.59. The van der Waals surface area contributed by atoms with Crippen molar-refractivity contribution < 1.29 is 34.1 Å². The van der Waals surface area contributed by atoms with Crippen molar-refractivity contribution in [1.82, 2.24) is 9.97 Å². The predicted octanol–water partition coefficient (Wildman–Crippen LogP) is 13.2. The van der Waals surface area contributed by atoms with Crippen LogP contribution in [-0.4, -0.2) is 9.97 Å². The number of pyridine rings is 2. The zero-order chi connectivity index (χ0) is 41.3. The Morgan fingerprint density at radius 1 is 0.750 bits per heavy atom. The van der Waals surface area contributed by atoms with Crippen LogP contribution in [0.5, 0.6) is 0 Å². The number of rotatable bonds is 3. The van der Waals surface area contributed by atoms with E-state index >= 15 is 0 Å². The fraction of sp³-hybridized carbons (Fsp3) is 0.250. The molecule has 8 aromatic rings. The van der Waals surface area contributed by atoms with E-state index in [1.165, 1.54) is 23.0 Å². The molecule has 0 aliphatic heterocycles. The molecule has 263 valence electrons. The maximum Gasteiger partial charge on any atom is 0.121 e.